The smallest absolute Gasteiger partial charge is 0.256 e. The van der Waals surface area contributed by atoms with Gasteiger partial charge in [-0.2, -0.15) is 0 Å². The van der Waals surface area contributed by atoms with Crippen molar-refractivity contribution in [2.45, 2.75) is 25.8 Å². The Bertz CT molecular complexity index is 445. The van der Waals surface area contributed by atoms with E-state index in [9.17, 15) is 4.79 Å². The van der Waals surface area contributed by atoms with Crippen LogP contribution < -0.4 is 5.73 Å². The van der Waals surface area contributed by atoms with E-state index in [1.807, 2.05) is 0 Å². The lowest BCUT2D eigenvalue weighted by Gasteiger charge is -2.25. The summed E-state index contributed by atoms with van der Waals surface area (Å²) in [6.07, 6.45) is 3.82. The quantitative estimate of drug-likeness (QED) is 0.840. The molecular weight excluding hydrogens is 238 g/mol. The minimum absolute atomic E-state index is 0.0915. The highest BCUT2D eigenvalue weighted by molar-refractivity contribution is 6.29. The Balaban J connectivity index is 2.20. The lowest BCUT2D eigenvalue weighted by Crippen LogP contribution is -2.36. The molecule has 1 aromatic rings. The summed E-state index contributed by atoms with van der Waals surface area (Å²) >= 11 is 5.78. The van der Waals surface area contributed by atoms with Crippen LogP contribution >= 0.6 is 11.6 Å². The van der Waals surface area contributed by atoms with Gasteiger partial charge in [-0.1, -0.05) is 11.6 Å². The fourth-order valence-corrected chi connectivity index (χ4v) is 2.05. The van der Waals surface area contributed by atoms with Crippen LogP contribution in [0.4, 0.5) is 5.69 Å². The van der Waals surface area contributed by atoms with Crippen molar-refractivity contribution in [1.82, 2.24) is 9.88 Å². The van der Waals surface area contributed by atoms with Crippen molar-refractivity contribution in [2.24, 2.45) is 5.92 Å². The number of hydrogen-bond donors (Lipinski definition) is 1. The SMILES string of the molecule is CC(C1CC1)N(C)C(=O)c1cc(Cl)ncc1N. The fraction of sp³-hybridized carbons (Fsp3) is 0.500. The number of pyridine rings is 1. The first-order chi connectivity index (χ1) is 8.00. The van der Waals surface area contributed by atoms with Crippen molar-refractivity contribution < 1.29 is 4.79 Å². The minimum Gasteiger partial charge on any atom is -0.397 e. The van der Waals surface area contributed by atoms with E-state index in [2.05, 4.69) is 11.9 Å². The van der Waals surface area contributed by atoms with Crippen LogP contribution in [0.3, 0.4) is 0 Å². The number of halogens is 1. The second-order valence-electron chi connectivity index (χ2n) is 4.59. The van der Waals surface area contributed by atoms with Crippen LogP contribution in [-0.4, -0.2) is 28.9 Å². The first kappa shape index (κ1) is 12.2. The van der Waals surface area contributed by atoms with E-state index in [-0.39, 0.29) is 17.1 Å². The predicted octanol–water partition coefficient (Wildman–Crippen LogP) is 2.19. The maximum atomic E-state index is 12.3. The number of anilines is 1. The lowest BCUT2D eigenvalue weighted by atomic mass is 10.1. The van der Waals surface area contributed by atoms with Gasteiger partial charge in [0.2, 0.25) is 0 Å². The van der Waals surface area contributed by atoms with E-state index < -0.39 is 0 Å². The number of nitrogens with two attached hydrogens (primary N) is 1. The zero-order valence-corrected chi connectivity index (χ0v) is 10.7. The molecule has 92 valence electrons. The monoisotopic (exact) mass is 253 g/mol. The van der Waals surface area contributed by atoms with E-state index in [4.69, 9.17) is 17.3 Å². The molecule has 1 aromatic heterocycles. The van der Waals surface area contributed by atoms with Gasteiger partial charge in [0.1, 0.15) is 5.15 Å². The first-order valence-corrected chi connectivity index (χ1v) is 6.06. The molecule has 1 unspecified atom stereocenters. The maximum absolute atomic E-state index is 12.3. The fourth-order valence-electron chi connectivity index (χ4n) is 1.90. The third-order valence-corrected chi connectivity index (χ3v) is 3.57. The standard InChI is InChI=1S/C12H16ClN3O/c1-7(8-3-4-8)16(2)12(17)9-5-11(13)15-6-10(9)14/h5-8H,3-4,14H2,1-2H3. The summed E-state index contributed by atoms with van der Waals surface area (Å²) in [7, 11) is 1.80. The molecule has 1 amide bonds. The van der Waals surface area contributed by atoms with Gasteiger partial charge in [-0.05, 0) is 31.7 Å². The molecule has 17 heavy (non-hydrogen) atoms. The molecule has 1 atom stereocenters. The van der Waals surface area contributed by atoms with Gasteiger partial charge in [-0.3, -0.25) is 4.79 Å². The molecule has 0 aliphatic heterocycles. The summed E-state index contributed by atoms with van der Waals surface area (Å²) in [6, 6.07) is 1.77. The van der Waals surface area contributed by atoms with E-state index in [1.54, 1.807) is 11.9 Å². The number of aromatic nitrogens is 1. The molecule has 1 saturated carbocycles. The summed E-state index contributed by atoms with van der Waals surface area (Å²) < 4.78 is 0. The molecule has 0 spiro atoms. The van der Waals surface area contributed by atoms with Gasteiger partial charge in [0.05, 0.1) is 17.4 Å². The molecule has 1 aliphatic carbocycles. The van der Waals surface area contributed by atoms with Crippen molar-refractivity contribution in [3.05, 3.63) is 23.0 Å². The Morgan fingerprint density at radius 3 is 2.88 bits per heavy atom. The van der Waals surface area contributed by atoms with Gasteiger partial charge in [-0.25, -0.2) is 4.98 Å². The largest absolute Gasteiger partial charge is 0.397 e. The van der Waals surface area contributed by atoms with Crippen molar-refractivity contribution in [3.8, 4) is 0 Å². The molecule has 2 N–H and O–H groups in total. The maximum Gasteiger partial charge on any atom is 0.256 e. The molecular formula is C12H16ClN3O. The summed E-state index contributed by atoms with van der Waals surface area (Å²) in [4.78, 5) is 17.8. The third-order valence-electron chi connectivity index (χ3n) is 3.37. The van der Waals surface area contributed by atoms with Crippen LogP contribution in [0.5, 0.6) is 0 Å². The van der Waals surface area contributed by atoms with Crippen LogP contribution in [0, 0.1) is 5.92 Å². The van der Waals surface area contributed by atoms with Gasteiger partial charge in [-0.15, -0.1) is 0 Å². The van der Waals surface area contributed by atoms with Crippen LogP contribution in [-0.2, 0) is 0 Å². The number of carbonyl (C=O) groups is 1. The molecule has 1 fully saturated rings. The highest BCUT2D eigenvalue weighted by Crippen LogP contribution is 2.35. The van der Waals surface area contributed by atoms with Gasteiger partial charge in [0.15, 0.2) is 0 Å². The molecule has 4 nitrogen and oxygen atoms in total. The molecule has 0 bridgehead atoms. The van der Waals surface area contributed by atoms with Crippen molar-refractivity contribution in [1.29, 1.82) is 0 Å². The number of nitrogen functional groups attached to an aromatic ring is 1. The molecule has 1 aliphatic rings. The molecule has 0 radical (unpaired) electrons. The Morgan fingerprint density at radius 1 is 1.65 bits per heavy atom. The Morgan fingerprint density at radius 2 is 2.29 bits per heavy atom. The number of rotatable bonds is 3. The van der Waals surface area contributed by atoms with Crippen LogP contribution in [0.1, 0.15) is 30.1 Å². The van der Waals surface area contributed by atoms with Crippen molar-refractivity contribution in [3.63, 3.8) is 0 Å². The van der Waals surface area contributed by atoms with E-state index in [1.165, 1.54) is 25.1 Å². The highest BCUT2D eigenvalue weighted by Gasteiger charge is 2.33. The number of amides is 1. The Labute approximate surface area is 106 Å². The summed E-state index contributed by atoms with van der Waals surface area (Å²) in [5.74, 6) is 0.536. The Hall–Kier alpha value is -1.29. The van der Waals surface area contributed by atoms with Crippen LogP contribution in [0.2, 0.25) is 5.15 Å². The summed E-state index contributed by atoms with van der Waals surface area (Å²) in [5, 5.41) is 0.287. The van der Waals surface area contributed by atoms with E-state index >= 15 is 0 Å². The minimum atomic E-state index is -0.0915. The molecule has 5 heteroatoms. The summed E-state index contributed by atoms with van der Waals surface area (Å²) in [5.41, 5.74) is 6.55. The predicted molar refractivity (Wildman–Crippen MR) is 67.9 cm³/mol. The van der Waals surface area contributed by atoms with Gasteiger partial charge in [0.25, 0.3) is 5.91 Å². The normalized spacial score (nSPS) is 16.6. The second kappa shape index (κ2) is 4.53. The zero-order valence-electron chi connectivity index (χ0n) is 9.98. The zero-order chi connectivity index (χ0) is 12.6. The number of carbonyl (C=O) groups excluding carboxylic acids is 1. The van der Waals surface area contributed by atoms with Crippen LogP contribution in [0.25, 0.3) is 0 Å². The van der Waals surface area contributed by atoms with Gasteiger partial charge in [0, 0.05) is 13.1 Å². The first-order valence-electron chi connectivity index (χ1n) is 5.69. The van der Waals surface area contributed by atoms with Crippen LogP contribution in [0.15, 0.2) is 12.3 Å². The Kier molecular flexibility index (Phi) is 3.24. The van der Waals surface area contributed by atoms with E-state index in [0.717, 1.165) is 0 Å². The van der Waals surface area contributed by atoms with Gasteiger partial charge < -0.3 is 10.6 Å². The van der Waals surface area contributed by atoms with E-state index in [0.29, 0.717) is 17.2 Å². The molecule has 0 aromatic carbocycles. The number of nitrogens with zero attached hydrogens (tertiary/aromatic N) is 2. The summed E-state index contributed by atoms with van der Waals surface area (Å²) in [6.45, 7) is 2.06. The molecule has 2 rings (SSSR count). The lowest BCUT2D eigenvalue weighted by molar-refractivity contribution is 0.0728. The van der Waals surface area contributed by atoms with Gasteiger partial charge >= 0.3 is 0 Å². The second-order valence-corrected chi connectivity index (χ2v) is 4.98. The van der Waals surface area contributed by atoms with Crippen molar-refractivity contribution in [2.75, 3.05) is 12.8 Å². The van der Waals surface area contributed by atoms with Crippen molar-refractivity contribution >= 4 is 23.2 Å². The molecule has 0 saturated heterocycles. The topological polar surface area (TPSA) is 59.2 Å². The average molecular weight is 254 g/mol. The third kappa shape index (κ3) is 2.52. The molecule has 1 heterocycles. The average Bonchev–Trinajstić information content (AvgIpc) is 3.13. The highest BCUT2D eigenvalue weighted by atomic mass is 35.5. The number of hydrogen-bond acceptors (Lipinski definition) is 3.